The fourth-order valence-electron chi connectivity index (χ4n) is 4.39. The Balaban J connectivity index is 2.21. The van der Waals surface area contributed by atoms with Crippen LogP contribution in [-0.2, 0) is 20.2 Å². The monoisotopic (exact) mass is 508 g/mol. The summed E-state index contributed by atoms with van der Waals surface area (Å²) in [5.74, 6) is 0. The molecule has 0 fully saturated rings. The van der Waals surface area contributed by atoms with Gasteiger partial charge in [0, 0.05) is 0 Å². The van der Waals surface area contributed by atoms with Crippen LogP contribution in [-0.4, -0.2) is 24.8 Å². The Morgan fingerprint density at radius 3 is 1.56 bits per heavy atom. The van der Waals surface area contributed by atoms with Crippen molar-refractivity contribution >= 4 is 28.2 Å². The van der Waals surface area contributed by atoms with Gasteiger partial charge in [-0.25, -0.2) is 0 Å². The van der Waals surface area contributed by atoms with E-state index in [0.717, 1.165) is 36.6 Å². The molecule has 0 aromatic heterocycles. The van der Waals surface area contributed by atoms with Crippen LogP contribution in [0.3, 0.4) is 0 Å². The average Bonchev–Trinajstić information content (AvgIpc) is 3.10. The maximum absolute atomic E-state index is 14.2. The molecule has 2 aliphatic heterocycles. The first-order valence-electron chi connectivity index (χ1n) is 8.92. The van der Waals surface area contributed by atoms with Crippen molar-refractivity contribution in [1.82, 2.24) is 0 Å². The molecule has 13 heteroatoms. The molecule has 2 aromatic carbocycles. The number of halogens is 9. The molecule has 176 valence electrons. The van der Waals surface area contributed by atoms with E-state index < -0.39 is 57.7 Å². The van der Waals surface area contributed by atoms with Crippen LogP contribution in [0.2, 0.25) is 0 Å². The first kappa shape index (κ1) is 23.7. The van der Waals surface area contributed by atoms with Gasteiger partial charge in [-0.1, -0.05) is 0 Å². The number of benzene rings is 2. The fraction of sp³-hybridized carbons (Fsp3) is 0.368. The van der Waals surface area contributed by atoms with Crippen molar-refractivity contribution in [3.05, 3.63) is 59.7 Å². The van der Waals surface area contributed by atoms with Gasteiger partial charge in [-0.2, -0.15) is 0 Å². The van der Waals surface area contributed by atoms with Gasteiger partial charge in [-0.3, -0.25) is 0 Å². The molecule has 2 aliphatic rings. The van der Waals surface area contributed by atoms with Crippen molar-refractivity contribution in [1.29, 1.82) is 0 Å². The Morgan fingerprint density at radius 1 is 0.688 bits per heavy atom. The molecule has 0 radical (unpaired) electrons. The molecule has 0 aliphatic carbocycles. The van der Waals surface area contributed by atoms with E-state index in [9.17, 15) is 39.5 Å². The summed E-state index contributed by atoms with van der Waals surface area (Å²) in [4.78, 5) is 0. The quantitative estimate of drug-likeness (QED) is 0.326. The normalized spacial score (nSPS) is 26.9. The zero-order valence-electron chi connectivity index (χ0n) is 16.2. The molecule has 0 amide bonds. The molecular weight excluding hydrogens is 494 g/mol. The average molecular weight is 508 g/mol. The van der Waals surface area contributed by atoms with Crippen LogP contribution < -0.4 is 10.6 Å². The number of fused-ring (bicyclic) bond motifs is 4. The molecule has 0 unspecified atom stereocenters. The first-order chi connectivity index (χ1) is 14.5. The molecule has 32 heavy (non-hydrogen) atoms. The third-order valence-corrected chi connectivity index (χ3v) is 13.9. The van der Waals surface area contributed by atoms with Crippen molar-refractivity contribution in [2.75, 3.05) is 6.26 Å². The van der Waals surface area contributed by atoms with E-state index in [-0.39, 0.29) is 0 Å². The van der Waals surface area contributed by atoms with Crippen LogP contribution in [0.1, 0.15) is 18.1 Å². The fourth-order valence-corrected chi connectivity index (χ4v) is 12.7. The van der Waals surface area contributed by atoms with Crippen LogP contribution >= 0.6 is 17.6 Å². The summed E-state index contributed by atoms with van der Waals surface area (Å²) in [5.41, 5.74) is -9.99. The van der Waals surface area contributed by atoms with Crippen LogP contribution in [0.4, 0.5) is 39.5 Å². The number of hydrogen-bond donors (Lipinski definition) is 0. The second-order valence-electron chi connectivity index (χ2n) is 7.49. The standard InChI is InChI=1S/C19H14F9O2PS/c1-15(17(20,21)22)11-7-3-5-9-13(11)31(29-15,32-2)14-10-6-4-8-12(14)16(30-31,18(23,24)25)19(26,27)28/h3-10H,1-2H3/t15-/m0/s1. The summed E-state index contributed by atoms with van der Waals surface area (Å²) >= 11 is 0.314. The first-order valence-corrected chi connectivity index (χ1v) is 12.8. The third kappa shape index (κ3) is 2.47. The maximum atomic E-state index is 14.2. The molecule has 2 nitrogen and oxygen atoms in total. The number of hydrogen-bond acceptors (Lipinski definition) is 3. The Hall–Kier alpha value is -1.49. The van der Waals surface area contributed by atoms with Gasteiger partial charge in [-0.05, 0) is 0 Å². The van der Waals surface area contributed by atoms with Crippen molar-refractivity contribution in [3.8, 4) is 0 Å². The third-order valence-electron chi connectivity index (χ3n) is 5.85. The molecule has 0 N–H and O–H groups in total. The summed E-state index contributed by atoms with van der Waals surface area (Å²) in [5, 5.41) is -1.14. The Kier molecular flexibility index (Phi) is 4.69. The zero-order chi connectivity index (χ0) is 24.0. The Bertz CT molecular complexity index is 1090. The van der Waals surface area contributed by atoms with E-state index in [1.807, 2.05) is 0 Å². The second-order valence-corrected chi connectivity index (χ2v) is 14.0. The van der Waals surface area contributed by atoms with Gasteiger partial charge in [0.05, 0.1) is 0 Å². The SMILES string of the molecule is CSP12(OC(C(F)(F)F)(C(F)(F)F)c3ccccc31)O[C@](C)(C(F)(F)F)c1ccccc12. The van der Waals surface area contributed by atoms with E-state index in [0.29, 0.717) is 24.4 Å². The summed E-state index contributed by atoms with van der Waals surface area (Å²) in [6, 6.07) is 8.03. The molecule has 0 saturated carbocycles. The van der Waals surface area contributed by atoms with Gasteiger partial charge >= 0.3 is 179 Å². The molecular formula is C19H14F9O2PS. The van der Waals surface area contributed by atoms with Gasteiger partial charge in [0.15, 0.2) is 0 Å². The van der Waals surface area contributed by atoms with Crippen LogP contribution in [0.15, 0.2) is 48.5 Å². The predicted octanol–water partition coefficient (Wildman–Crippen LogP) is 6.46. The summed E-state index contributed by atoms with van der Waals surface area (Å²) in [6.45, 7) is 0.580. The van der Waals surface area contributed by atoms with E-state index in [4.69, 9.17) is 9.05 Å². The van der Waals surface area contributed by atoms with Crippen molar-refractivity contribution in [2.24, 2.45) is 0 Å². The molecule has 1 atom stereocenters. The molecule has 4 rings (SSSR count). The summed E-state index contributed by atoms with van der Waals surface area (Å²) in [7, 11) is 0. The molecule has 2 aromatic rings. The number of alkyl halides is 9. The molecule has 2 heterocycles. The van der Waals surface area contributed by atoms with E-state index >= 15 is 0 Å². The Morgan fingerprint density at radius 2 is 1.12 bits per heavy atom. The topological polar surface area (TPSA) is 18.5 Å². The van der Waals surface area contributed by atoms with Gasteiger partial charge in [-0.15, -0.1) is 0 Å². The summed E-state index contributed by atoms with van der Waals surface area (Å²) < 4.78 is 138. The van der Waals surface area contributed by atoms with Gasteiger partial charge < -0.3 is 0 Å². The minimum atomic E-state index is -6.05. The van der Waals surface area contributed by atoms with Gasteiger partial charge in [0.25, 0.3) is 0 Å². The predicted molar refractivity (Wildman–Crippen MR) is 102 cm³/mol. The van der Waals surface area contributed by atoms with Gasteiger partial charge in [0.1, 0.15) is 0 Å². The minimum absolute atomic E-state index is 0.314. The van der Waals surface area contributed by atoms with E-state index in [1.54, 1.807) is 0 Å². The van der Waals surface area contributed by atoms with Crippen molar-refractivity contribution in [3.63, 3.8) is 0 Å². The summed E-state index contributed by atoms with van der Waals surface area (Å²) in [6.07, 6.45) is -21.9. The molecule has 1 spiro atoms. The van der Waals surface area contributed by atoms with Crippen molar-refractivity contribution in [2.45, 2.75) is 36.7 Å². The van der Waals surface area contributed by atoms with Crippen LogP contribution in [0, 0.1) is 0 Å². The zero-order valence-corrected chi connectivity index (χ0v) is 17.9. The Labute approximate surface area is 179 Å². The van der Waals surface area contributed by atoms with E-state index in [1.165, 1.54) is 12.1 Å². The molecule has 0 bridgehead atoms. The second kappa shape index (κ2) is 6.34. The van der Waals surface area contributed by atoms with E-state index in [2.05, 4.69) is 0 Å². The van der Waals surface area contributed by atoms with Crippen LogP contribution in [0.5, 0.6) is 0 Å². The van der Waals surface area contributed by atoms with Crippen molar-refractivity contribution < 1.29 is 48.6 Å². The number of rotatable bonds is 1. The molecule has 0 saturated heterocycles. The van der Waals surface area contributed by atoms with Crippen LogP contribution in [0.25, 0.3) is 0 Å². The van der Waals surface area contributed by atoms with Gasteiger partial charge in [0.2, 0.25) is 0 Å².